The van der Waals surface area contributed by atoms with Crippen LogP contribution >= 0.6 is 0 Å². The number of pyridine rings is 1. The first-order valence-corrected chi connectivity index (χ1v) is 6.13. The van der Waals surface area contributed by atoms with E-state index >= 15 is 0 Å². The molecule has 0 unspecified atom stereocenters. The van der Waals surface area contributed by atoms with Gasteiger partial charge in [0, 0.05) is 11.6 Å². The van der Waals surface area contributed by atoms with Crippen LogP contribution in [-0.2, 0) is 6.54 Å². The van der Waals surface area contributed by atoms with Gasteiger partial charge in [0.15, 0.2) is 0 Å². The summed E-state index contributed by atoms with van der Waals surface area (Å²) in [7, 11) is 0. The number of nitrogens with one attached hydrogen (secondary N) is 1. The second-order valence-corrected chi connectivity index (χ2v) is 4.30. The first-order valence-electron chi connectivity index (χ1n) is 6.13. The van der Waals surface area contributed by atoms with Crippen molar-refractivity contribution in [3.05, 3.63) is 60.2 Å². The van der Waals surface area contributed by atoms with E-state index in [9.17, 15) is 9.90 Å². The molecule has 100 valence electrons. The van der Waals surface area contributed by atoms with Gasteiger partial charge >= 0.3 is 5.97 Å². The highest BCUT2D eigenvalue weighted by molar-refractivity contribution is 6.08. The second-order valence-electron chi connectivity index (χ2n) is 4.30. The van der Waals surface area contributed by atoms with Gasteiger partial charge < -0.3 is 14.8 Å². The fourth-order valence-electron chi connectivity index (χ4n) is 2.13. The van der Waals surface area contributed by atoms with Crippen molar-refractivity contribution in [2.45, 2.75) is 6.54 Å². The Hall–Kier alpha value is -2.82. The zero-order chi connectivity index (χ0) is 13.9. The fraction of sp³-hybridized carbons (Fsp3) is 0.0667. The Bertz CT molecular complexity index is 746. The Balaban J connectivity index is 2.03. The molecular weight excluding hydrogens is 256 g/mol. The highest BCUT2D eigenvalue weighted by atomic mass is 16.4. The summed E-state index contributed by atoms with van der Waals surface area (Å²) in [5.41, 5.74) is 0.234. The minimum absolute atomic E-state index is 0.234. The third-order valence-corrected chi connectivity index (χ3v) is 3.03. The highest BCUT2D eigenvalue weighted by Crippen LogP contribution is 2.25. The Morgan fingerprint density at radius 2 is 2.15 bits per heavy atom. The largest absolute Gasteiger partial charge is 0.478 e. The van der Waals surface area contributed by atoms with Crippen molar-refractivity contribution in [1.29, 1.82) is 0 Å². The van der Waals surface area contributed by atoms with E-state index < -0.39 is 5.97 Å². The van der Waals surface area contributed by atoms with Gasteiger partial charge in [0.25, 0.3) is 0 Å². The SMILES string of the molecule is O=C(O)c1cccc2ccnc(NCc3ccco3)c12. The van der Waals surface area contributed by atoms with Crippen molar-refractivity contribution in [1.82, 2.24) is 4.98 Å². The van der Waals surface area contributed by atoms with Crippen LogP contribution in [0.3, 0.4) is 0 Å². The minimum Gasteiger partial charge on any atom is -0.478 e. The number of carboxylic acids is 1. The van der Waals surface area contributed by atoms with Gasteiger partial charge in [0.1, 0.15) is 11.6 Å². The van der Waals surface area contributed by atoms with Crippen molar-refractivity contribution >= 4 is 22.6 Å². The Morgan fingerprint density at radius 3 is 2.90 bits per heavy atom. The summed E-state index contributed by atoms with van der Waals surface area (Å²) in [6.45, 7) is 0.451. The van der Waals surface area contributed by atoms with E-state index in [1.165, 1.54) is 0 Å². The number of aromatic nitrogens is 1. The van der Waals surface area contributed by atoms with Crippen molar-refractivity contribution in [2.75, 3.05) is 5.32 Å². The lowest BCUT2D eigenvalue weighted by atomic mass is 10.1. The molecule has 5 nitrogen and oxygen atoms in total. The Morgan fingerprint density at radius 1 is 1.25 bits per heavy atom. The summed E-state index contributed by atoms with van der Waals surface area (Å²) in [4.78, 5) is 15.6. The van der Waals surface area contributed by atoms with E-state index in [2.05, 4.69) is 10.3 Å². The number of rotatable bonds is 4. The number of aromatic carboxylic acids is 1. The molecule has 0 amide bonds. The lowest BCUT2D eigenvalue weighted by Crippen LogP contribution is -2.04. The van der Waals surface area contributed by atoms with Crippen LogP contribution in [0.25, 0.3) is 10.8 Å². The molecule has 0 atom stereocenters. The fourth-order valence-corrected chi connectivity index (χ4v) is 2.13. The summed E-state index contributed by atoms with van der Waals surface area (Å²) in [6.07, 6.45) is 3.24. The predicted molar refractivity (Wildman–Crippen MR) is 74.7 cm³/mol. The minimum atomic E-state index is -0.968. The second kappa shape index (κ2) is 5.05. The highest BCUT2D eigenvalue weighted by Gasteiger charge is 2.12. The molecule has 5 heteroatoms. The number of carboxylic acid groups (broad SMARTS) is 1. The van der Waals surface area contributed by atoms with Gasteiger partial charge in [0.05, 0.1) is 18.4 Å². The first kappa shape index (κ1) is 12.2. The lowest BCUT2D eigenvalue weighted by Gasteiger charge is -2.09. The monoisotopic (exact) mass is 268 g/mol. The van der Waals surface area contributed by atoms with Crippen LogP contribution in [0.5, 0.6) is 0 Å². The lowest BCUT2D eigenvalue weighted by molar-refractivity contribution is 0.0699. The van der Waals surface area contributed by atoms with E-state index in [1.54, 1.807) is 36.7 Å². The summed E-state index contributed by atoms with van der Waals surface area (Å²) in [5, 5.41) is 13.8. The average molecular weight is 268 g/mol. The topological polar surface area (TPSA) is 75.4 Å². The number of benzene rings is 1. The Labute approximate surface area is 114 Å². The van der Waals surface area contributed by atoms with E-state index in [4.69, 9.17) is 4.42 Å². The third kappa shape index (κ3) is 2.21. The third-order valence-electron chi connectivity index (χ3n) is 3.03. The van der Waals surface area contributed by atoms with Crippen molar-refractivity contribution in [3.63, 3.8) is 0 Å². The number of fused-ring (bicyclic) bond motifs is 1. The maximum atomic E-state index is 11.3. The molecule has 1 aromatic carbocycles. The molecule has 2 N–H and O–H groups in total. The van der Waals surface area contributed by atoms with Gasteiger partial charge in [-0.3, -0.25) is 0 Å². The van der Waals surface area contributed by atoms with Gasteiger partial charge in [0.2, 0.25) is 0 Å². The molecule has 0 aliphatic heterocycles. The molecule has 2 aromatic heterocycles. The first-order chi connectivity index (χ1) is 9.75. The van der Waals surface area contributed by atoms with E-state index in [0.29, 0.717) is 17.7 Å². The number of anilines is 1. The molecule has 0 bridgehead atoms. The van der Waals surface area contributed by atoms with E-state index in [-0.39, 0.29) is 5.56 Å². The maximum absolute atomic E-state index is 11.3. The normalized spacial score (nSPS) is 10.6. The van der Waals surface area contributed by atoms with E-state index in [1.807, 2.05) is 12.1 Å². The smallest absolute Gasteiger partial charge is 0.336 e. The number of hydrogen-bond acceptors (Lipinski definition) is 4. The van der Waals surface area contributed by atoms with Crippen LogP contribution in [0.15, 0.2) is 53.3 Å². The van der Waals surface area contributed by atoms with Crippen LogP contribution in [0.2, 0.25) is 0 Å². The zero-order valence-electron chi connectivity index (χ0n) is 10.5. The summed E-state index contributed by atoms with van der Waals surface area (Å²) in [5.74, 6) is 0.332. The van der Waals surface area contributed by atoms with Gasteiger partial charge in [-0.15, -0.1) is 0 Å². The molecule has 0 aliphatic carbocycles. The molecule has 2 heterocycles. The van der Waals surface area contributed by atoms with Gasteiger partial charge in [-0.1, -0.05) is 12.1 Å². The molecule has 0 radical (unpaired) electrons. The van der Waals surface area contributed by atoms with Gasteiger partial charge in [-0.2, -0.15) is 0 Å². The quantitative estimate of drug-likeness (QED) is 0.760. The van der Waals surface area contributed by atoms with Crippen molar-refractivity contribution in [2.24, 2.45) is 0 Å². The molecule has 0 saturated carbocycles. The van der Waals surface area contributed by atoms with Crippen LogP contribution in [0.1, 0.15) is 16.1 Å². The average Bonchev–Trinajstić information content (AvgIpc) is 2.97. The molecular formula is C15H12N2O3. The summed E-state index contributed by atoms with van der Waals surface area (Å²) in [6, 6.07) is 10.6. The summed E-state index contributed by atoms with van der Waals surface area (Å²) >= 11 is 0. The number of hydrogen-bond donors (Lipinski definition) is 2. The van der Waals surface area contributed by atoms with E-state index in [0.717, 1.165) is 11.1 Å². The van der Waals surface area contributed by atoms with Crippen molar-refractivity contribution < 1.29 is 14.3 Å². The molecule has 3 rings (SSSR count). The maximum Gasteiger partial charge on any atom is 0.336 e. The predicted octanol–water partition coefficient (Wildman–Crippen LogP) is 3.14. The molecule has 20 heavy (non-hydrogen) atoms. The molecule has 3 aromatic rings. The number of nitrogens with zero attached hydrogens (tertiary/aromatic N) is 1. The van der Waals surface area contributed by atoms with Gasteiger partial charge in [-0.05, 0) is 29.7 Å². The molecule has 0 aliphatic rings. The standard InChI is InChI=1S/C15H12N2O3/c18-15(19)12-5-1-3-10-6-7-16-14(13(10)12)17-9-11-4-2-8-20-11/h1-8H,9H2,(H,16,17)(H,18,19). The molecule has 0 fully saturated rings. The van der Waals surface area contributed by atoms with Crippen LogP contribution in [0.4, 0.5) is 5.82 Å². The molecule has 0 saturated heterocycles. The van der Waals surface area contributed by atoms with Gasteiger partial charge in [-0.25, -0.2) is 9.78 Å². The van der Waals surface area contributed by atoms with Crippen LogP contribution in [0, 0.1) is 0 Å². The number of furan rings is 1. The van der Waals surface area contributed by atoms with Crippen LogP contribution in [-0.4, -0.2) is 16.1 Å². The summed E-state index contributed by atoms with van der Waals surface area (Å²) < 4.78 is 5.24. The van der Waals surface area contributed by atoms with Crippen LogP contribution < -0.4 is 5.32 Å². The molecule has 0 spiro atoms. The number of carbonyl (C=O) groups is 1. The van der Waals surface area contributed by atoms with Crippen molar-refractivity contribution in [3.8, 4) is 0 Å². The Kier molecular flexibility index (Phi) is 3.09. The zero-order valence-corrected chi connectivity index (χ0v) is 10.5.